The topological polar surface area (TPSA) is 30.5 Å². The Morgan fingerprint density at radius 2 is 1.70 bits per heavy atom. The predicted octanol–water partition coefficient (Wildman–Crippen LogP) is 3.37. The first-order valence-corrected chi connectivity index (χ1v) is 7.54. The van der Waals surface area contributed by atoms with Gasteiger partial charge >= 0.3 is 0 Å². The van der Waals surface area contributed by atoms with Crippen LogP contribution in [0.4, 0.5) is 0 Å². The Bertz CT molecular complexity index is 364. The van der Waals surface area contributed by atoms with Gasteiger partial charge in [-0.05, 0) is 17.0 Å². The van der Waals surface area contributed by atoms with Gasteiger partial charge in [0.15, 0.2) is 0 Å². The van der Waals surface area contributed by atoms with Crippen LogP contribution >= 0.6 is 0 Å². The first kappa shape index (κ1) is 17.2. The van der Waals surface area contributed by atoms with Crippen molar-refractivity contribution < 1.29 is 9.47 Å². The van der Waals surface area contributed by atoms with Gasteiger partial charge in [-0.25, -0.2) is 0 Å². The van der Waals surface area contributed by atoms with E-state index in [1.807, 2.05) is 0 Å². The number of benzene rings is 1. The van der Waals surface area contributed by atoms with Crippen molar-refractivity contribution in [2.24, 2.45) is 5.92 Å². The van der Waals surface area contributed by atoms with Crippen molar-refractivity contribution in [2.45, 2.75) is 46.9 Å². The quantitative estimate of drug-likeness (QED) is 0.666. The minimum atomic E-state index is 0.507. The SMILES string of the molecule is CC(C)COCCOCc1cccc(CNC(C)C)c1. The minimum Gasteiger partial charge on any atom is -0.379 e. The molecule has 1 N–H and O–H groups in total. The third-order valence-electron chi connectivity index (χ3n) is 2.80. The summed E-state index contributed by atoms with van der Waals surface area (Å²) in [5, 5.41) is 3.42. The van der Waals surface area contributed by atoms with E-state index >= 15 is 0 Å². The maximum absolute atomic E-state index is 5.64. The Morgan fingerprint density at radius 1 is 1.00 bits per heavy atom. The Labute approximate surface area is 123 Å². The van der Waals surface area contributed by atoms with Gasteiger partial charge in [0.25, 0.3) is 0 Å². The lowest BCUT2D eigenvalue weighted by Crippen LogP contribution is -2.21. The molecule has 0 bridgehead atoms. The van der Waals surface area contributed by atoms with Crippen molar-refractivity contribution in [3.8, 4) is 0 Å². The first-order chi connectivity index (χ1) is 9.58. The largest absolute Gasteiger partial charge is 0.379 e. The molecule has 0 radical (unpaired) electrons. The molecule has 0 heterocycles. The van der Waals surface area contributed by atoms with Crippen LogP contribution in [-0.2, 0) is 22.6 Å². The van der Waals surface area contributed by atoms with Gasteiger partial charge in [0.2, 0.25) is 0 Å². The van der Waals surface area contributed by atoms with E-state index in [0.29, 0.717) is 31.8 Å². The third-order valence-corrected chi connectivity index (χ3v) is 2.80. The van der Waals surface area contributed by atoms with E-state index in [1.165, 1.54) is 11.1 Å². The second-order valence-corrected chi connectivity index (χ2v) is 5.88. The normalized spacial score (nSPS) is 11.5. The molecule has 0 aliphatic heterocycles. The Kier molecular flexibility index (Phi) is 8.51. The highest BCUT2D eigenvalue weighted by molar-refractivity contribution is 5.22. The first-order valence-electron chi connectivity index (χ1n) is 7.54. The lowest BCUT2D eigenvalue weighted by atomic mass is 10.1. The van der Waals surface area contributed by atoms with E-state index in [1.54, 1.807) is 0 Å². The summed E-state index contributed by atoms with van der Waals surface area (Å²) in [7, 11) is 0. The molecular formula is C17H29NO2. The van der Waals surface area contributed by atoms with E-state index in [4.69, 9.17) is 9.47 Å². The zero-order valence-electron chi connectivity index (χ0n) is 13.3. The molecule has 0 aliphatic rings. The fourth-order valence-corrected chi connectivity index (χ4v) is 1.78. The monoisotopic (exact) mass is 279 g/mol. The summed E-state index contributed by atoms with van der Waals surface area (Å²) in [6.45, 7) is 12.3. The van der Waals surface area contributed by atoms with Crippen LogP contribution < -0.4 is 5.32 Å². The fourth-order valence-electron chi connectivity index (χ4n) is 1.78. The van der Waals surface area contributed by atoms with Gasteiger partial charge in [-0.15, -0.1) is 0 Å². The number of ether oxygens (including phenoxy) is 2. The van der Waals surface area contributed by atoms with Gasteiger partial charge in [-0.1, -0.05) is 52.0 Å². The number of hydrogen-bond acceptors (Lipinski definition) is 3. The van der Waals surface area contributed by atoms with Crippen molar-refractivity contribution in [1.29, 1.82) is 0 Å². The molecule has 1 rings (SSSR count). The summed E-state index contributed by atoms with van der Waals surface area (Å²) in [4.78, 5) is 0. The van der Waals surface area contributed by atoms with Crippen LogP contribution in [0.15, 0.2) is 24.3 Å². The standard InChI is InChI=1S/C17H29NO2/c1-14(2)12-19-8-9-20-13-17-7-5-6-16(10-17)11-18-15(3)4/h5-7,10,14-15,18H,8-9,11-13H2,1-4H3. The fraction of sp³-hybridized carbons (Fsp3) is 0.647. The molecule has 1 aromatic rings. The summed E-state index contributed by atoms with van der Waals surface area (Å²) in [5.41, 5.74) is 2.52. The molecule has 3 nitrogen and oxygen atoms in total. The molecule has 0 atom stereocenters. The number of hydrogen-bond donors (Lipinski definition) is 1. The number of rotatable bonds is 10. The van der Waals surface area contributed by atoms with Crippen LogP contribution in [0.1, 0.15) is 38.8 Å². The molecule has 0 aliphatic carbocycles. The average molecular weight is 279 g/mol. The van der Waals surface area contributed by atoms with Crippen molar-refractivity contribution in [2.75, 3.05) is 19.8 Å². The lowest BCUT2D eigenvalue weighted by molar-refractivity contribution is 0.0314. The Balaban J connectivity index is 2.21. The van der Waals surface area contributed by atoms with Crippen LogP contribution in [0.5, 0.6) is 0 Å². The molecule has 0 saturated heterocycles. The second kappa shape index (κ2) is 9.92. The van der Waals surface area contributed by atoms with Gasteiger partial charge in [0, 0.05) is 19.2 Å². The Morgan fingerprint density at radius 3 is 2.40 bits per heavy atom. The van der Waals surface area contributed by atoms with Crippen molar-refractivity contribution in [3.05, 3.63) is 35.4 Å². The van der Waals surface area contributed by atoms with Crippen molar-refractivity contribution >= 4 is 0 Å². The highest BCUT2D eigenvalue weighted by atomic mass is 16.5. The highest BCUT2D eigenvalue weighted by Crippen LogP contribution is 2.07. The van der Waals surface area contributed by atoms with Gasteiger partial charge in [-0.3, -0.25) is 0 Å². The van der Waals surface area contributed by atoms with Gasteiger partial charge in [0.1, 0.15) is 0 Å². The van der Waals surface area contributed by atoms with E-state index in [-0.39, 0.29) is 0 Å². The van der Waals surface area contributed by atoms with E-state index in [9.17, 15) is 0 Å². The highest BCUT2D eigenvalue weighted by Gasteiger charge is 1.99. The summed E-state index contributed by atoms with van der Waals surface area (Å²) >= 11 is 0. The maximum Gasteiger partial charge on any atom is 0.0718 e. The summed E-state index contributed by atoms with van der Waals surface area (Å²) in [5.74, 6) is 0.583. The molecule has 0 spiro atoms. The molecule has 0 fully saturated rings. The van der Waals surface area contributed by atoms with Gasteiger partial charge < -0.3 is 14.8 Å². The molecule has 0 unspecified atom stereocenters. The molecule has 3 heteroatoms. The van der Waals surface area contributed by atoms with Crippen LogP contribution in [0.3, 0.4) is 0 Å². The lowest BCUT2D eigenvalue weighted by Gasteiger charge is -2.10. The minimum absolute atomic E-state index is 0.507. The maximum atomic E-state index is 5.64. The van der Waals surface area contributed by atoms with Crippen molar-refractivity contribution in [3.63, 3.8) is 0 Å². The van der Waals surface area contributed by atoms with Crippen LogP contribution in [0.2, 0.25) is 0 Å². The van der Waals surface area contributed by atoms with Crippen LogP contribution in [0.25, 0.3) is 0 Å². The molecule has 114 valence electrons. The average Bonchev–Trinajstić information content (AvgIpc) is 2.40. The van der Waals surface area contributed by atoms with Crippen molar-refractivity contribution in [1.82, 2.24) is 5.32 Å². The molecule has 1 aromatic carbocycles. The molecule has 0 saturated carbocycles. The molecule has 0 amide bonds. The van der Waals surface area contributed by atoms with Gasteiger partial charge in [0.05, 0.1) is 19.8 Å². The molecular weight excluding hydrogens is 250 g/mol. The number of nitrogens with one attached hydrogen (secondary N) is 1. The van der Waals surface area contributed by atoms with Gasteiger partial charge in [-0.2, -0.15) is 0 Å². The summed E-state index contributed by atoms with van der Waals surface area (Å²) in [6, 6.07) is 9.04. The van der Waals surface area contributed by atoms with Crippen LogP contribution in [-0.4, -0.2) is 25.9 Å². The zero-order chi connectivity index (χ0) is 14.8. The van der Waals surface area contributed by atoms with E-state index < -0.39 is 0 Å². The Hall–Kier alpha value is -0.900. The van der Waals surface area contributed by atoms with Crippen LogP contribution in [0, 0.1) is 5.92 Å². The second-order valence-electron chi connectivity index (χ2n) is 5.88. The molecule has 20 heavy (non-hydrogen) atoms. The zero-order valence-corrected chi connectivity index (χ0v) is 13.3. The third kappa shape index (κ3) is 8.31. The smallest absolute Gasteiger partial charge is 0.0718 e. The summed E-state index contributed by atoms with van der Waals surface area (Å²) in [6.07, 6.45) is 0. The predicted molar refractivity (Wildman–Crippen MR) is 83.7 cm³/mol. The summed E-state index contributed by atoms with van der Waals surface area (Å²) < 4.78 is 11.1. The van der Waals surface area contributed by atoms with E-state index in [2.05, 4.69) is 57.3 Å². The van der Waals surface area contributed by atoms with E-state index in [0.717, 1.165) is 13.2 Å². The molecule has 0 aromatic heterocycles.